The predicted molar refractivity (Wildman–Crippen MR) is 68.6 cm³/mol. The van der Waals surface area contributed by atoms with Gasteiger partial charge in [-0.05, 0) is 29.8 Å². The maximum Gasteiger partial charge on any atom is 0.328 e. The van der Waals surface area contributed by atoms with Crippen molar-refractivity contribution in [2.24, 2.45) is 0 Å². The van der Waals surface area contributed by atoms with Crippen LogP contribution in [0.4, 0.5) is 5.95 Å². The van der Waals surface area contributed by atoms with Crippen molar-refractivity contribution in [1.29, 1.82) is 0 Å². The molecule has 1 heterocycles. The first-order valence-electron chi connectivity index (χ1n) is 4.70. The van der Waals surface area contributed by atoms with Crippen molar-refractivity contribution < 1.29 is 4.74 Å². The normalized spacial score (nSPS) is 10.1. The molecule has 5 nitrogen and oxygen atoms in total. The van der Waals surface area contributed by atoms with Gasteiger partial charge < -0.3 is 10.1 Å². The highest BCUT2D eigenvalue weighted by Crippen LogP contribution is 2.22. The van der Waals surface area contributed by atoms with E-state index in [9.17, 15) is 0 Å². The van der Waals surface area contributed by atoms with Gasteiger partial charge in [0, 0.05) is 11.5 Å². The summed E-state index contributed by atoms with van der Waals surface area (Å²) in [6.45, 7) is 0. The van der Waals surface area contributed by atoms with Crippen LogP contribution in [0.15, 0.2) is 28.7 Å². The van der Waals surface area contributed by atoms with Crippen molar-refractivity contribution in [3.8, 4) is 11.8 Å². The molecule has 0 atom stereocenters. The largest absolute Gasteiger partial charge is 0.424 e. The van der Waals surface area contributed by atoms with Crippen LogP contribution in [0.5, 0.6) is 11.8 Å². The summed E-state index contributed by atoms with van der Waals surface area (Å²) in [6.07, 6.45) is 0. The van der Waals surface area contributed by atoms with Gasteiger partial charge in [-0.3, -0.25) is 0 Å². The molecule has 17 heavy (non-hydrogen) atoms. The van der Waals surface area contributed by atoms with Gasteiger partial charge >= 0.3 is 6.01 Å². The van der Waals surface area contributed by atoms with E-state index in [0.717, 1.165) is 4.47 Å². The van der Waals surface area contributed by atoms with Gasteiger partial charge in [-0.25, -0.2) is 0 Å². The Bertz CT molecular complexity index is 537. The molecule has 0 unspecified atom stereocenters. The number of nitrogens with one attached hydrogen (secondary N) is 1. The lowest BCUT2D eigenvalue weighted by molar-refractivity contribution is 0.440. The Balaban J connectivity index is 2.26. The molecule has 0 bridgehead atoms. The van der Waals surface area contributed by atoms with Crippen LogP contribution in [0, 0.1) is 0 Å². The number of aromatic nitrogens is 3. The predicted octanol–water partition coefficient (Wildman–Crippen LogP) is 3.12. The molecule has 0 radical (unpaired) electrons. The lowest BCUT2D eigenvalue weighted by Gasteiger charge is -2.05. The topological polar surface area (TPSA) is 59.9 Å². The van der Waals surface area contributed by atoms with Crippen molar-refractivity contribution in [1.82, 2.24) is 15.0 Å². The third-order valence-corrected chi connectivity index (χ3v) is 2.48. The summed E-state index contributed by atoms with van der Waals surface area (Å²) in [4.78, 5) is 11.7. The van der Waals surface area contributed by atoms with Crippen molar-refractivity contribution in [3.05, 3.63) is 34.0 Å². The number of hydrogen-bond acceptors (Lipinski definition) is 5. The Hall–Kier alpha value is -1.40. The third kappa shape index (κ3) is 3.28. The van der Waals surface area contributed by atoms with Crippen molar-refractivity contribution >= 4 is 33.5 Å². The number of nitrogens with zero attached hydrogens (tertiary/aromatic N) is 3. The summed E-state index contributed by atoms with van der Waals surface area (Å²) in [5.41, 5.74) is 0. The summed E-state index contributed by atoms with van der Waals surface area (Å²) >= 11 is 9.08. The van der Waals surface area contributed by atoms with Crippen molar-refractivity contribution in [3.63, 3.8) is 0 Å². The molecule has 2 aromatic rings. The summed E-state index contributed by atoms with van der Waals surface area (Å²) in [5, 5.41) is 2.85. The fourth-order valence-electron chi connectivity index (χ4n) is 1.13. The maximum absolute atomic E-state index is 5.73. The van der Waals surface area contributed by atoms with E-state index in [4.69, 9.17) is 16.3 Å². The average molecular weight is 316 g/mol. The van der Waals surface area contributed by atoms with Crippen LogP contribution in [0.2, 0.25) is 5.28 Å². The Morgan fingerprint density at radius 1 is 1.29 bits per heavy atom. The van der Waals surface area contributed by atoms with E-state index in [-0.39, 0.29) is 11.3 Å². The van der Waals surface area contributed by atoms with Gasteiger partial charge in [0.25, 0.3) is 0 Å². The third-order valence-electron chi connectivity index (χ3n) is 1.82. The molecular weight excluding hydrogens is 307 g/mol. The molecule has 1 aromatic carbocycles. The first-order valence-corrected chi connectivity index (χ1v) is 5.87. The lowest BCUT2D eigenvalue weighted by atomic mass is 10.3. The van der Waals surface area contributed by atoms with Crippen LogP contribution in [0.3, 0.4) is 0 Å². The second-order valence-electron chi connectivity index (χ2n) is 3.02. The molecule has 0 aliphatic carbocycles. The van der Waals surface area contributed by atoms with Crippen LogP contribution in [0.25, 0.3) is 0 Å². The van der Waals surface area contributed by atoms with Gasteiger partial charge in [-0.15, -0.1) is 0 Å². The van der Waals surface area contributed by atoms with Gasteiger partial charge in [-0.1, -0.05) is 22.0 Å². The van der Waals surface area contributed by atoms with Gasteiger partial charge in [0.05, 0.1) is 0 Å². The molecular formula is C10H8BrClN4O. The number of ether oxygens (including phenoxy) is 1. The molecule has 0 saturated heterocycles. The average Bonchev–Trinajstić information content (AvgIpc) is 2.28. The summed E-state index contributed by atoms with van der Waals surface area (Å²) < 4.78 is 6.37. The Morgan fingerprint density at radius 3 is 2.82 bits per heavy atom. The van der Waals surface area contributed by atoms with E-state index < -0.39 is 0 Å². The van der Waals surface area contributed by atoms with E-state index in [1.807, 2.05) is 12.1 Å². The second kappa shape index (κ2) is 5.29. The zero-order valence-corrected chi connectivity index (χ0v) is 11.2. The molecule has 7 heteroatoms. The molecule has 0 fully saturated rings. The van der Waals surface area contributed by atoms with Crippen LogP contribution in [-0.4, -0.2) is 22.0 Å². The second-order valence-corrected chi connectivity index (χ2v) is 4.27. The number of anilines is 1. The van der Waals surface area contributed by atoms with Gasteiger partial charge in [0.15, 0.2) is 0 Å². The first-order chi connectivity index (χ1) is 8.17. The molecule has 2 rings (SSSR count). The first kappa shape index (κ1) is 12.1. The Labute approximate surface area is 111 Å². The molecule has 88 valence electrons. The SMILES string of the molecule is CNc1nc(Cl)nc(Oc2cccc(Br)c2)n1. The monoisotopic (exact) mass is 314 g/mol. The van der Waals surface area contributed by atoms with E-state index in [0.29, 0.717) is 11.7 Å². The summed E-state index contributed by atoms with van der Waals surface area (Å²) in [5.74, 6) is 0.971. The van der Waals surface area contributed by atoms with E-state index in [1.54, 1.807) is 19.2 Å². The maximum atomic E-state index is 5.73. The minimum Gasteiger partial charge on any atom is -0.424 e. The highest BCUT2D eigenvalue weighted by atomic mass is 79.9. The number of halogens is 2. The zero-order valence-electron chi connectivity index (χ0n) is 8.82. The molecule has 0 aliphatic heterocycles. The van der Waals surface area contributed by atoms with Crippen LogP contribution < -0.4 is 10.1 Å². The molecule has 1 N–H and O–H groups in total. The molecule has 0 saturated carbocycles. The lowest BCUT2D eigenvalue weighted by Crippen LogP contribution is -2.01. The summed E-state index contributed by atoms with van der Waals surface area (Å²) in [7, 11) is 1.69. The Kier molecular flexibility index (Phi) is 3.75. The van der Waals surface area contributed by atoms with Crippen LogP contribution in [0.1, 0.15) is 0 Å². The number of rotatable bonds is 3. The molecule has 0 aliphatic rings. The van der Waals surface area contributed by atoms with E-state index in [1.165, 1.54) is 0 Å². The quantitative estimate of drug-likeness (QED) is 0.943. The number of hydrogen-bond donors (Lipinski definition) is 1. The minimum absolute atomic E-state index is 0.0781. The zero-order chi connectivity index (χ0) is 12.3. The van der Waals surface area contributed by atoms with Crippen molar-refractivity contribution in [2.45, 2.75) is 0 Å². The highest BCUT2D eigenvalue weighted by Gasteiger charge is 2.06. The van der Waals surface area contributed by atoms with Crippen LogP contribution in [-0.2, 0) is 0 Å². The van der Waals surface area contributed by atoms with E-state index >= 15 is 0 Å². The number of benzene rings is 1. The van der Waals surface area contributed by atoms with Crippen molar-refractivity contribution in [2.75, 3.05) is 12.4 Å². The highest BCUT2D eigenvalue weighted by molar-refractivity contribution is 9.10. The standard InChI is InChI=1S/C10H8BrClN4O/c1-13-9-14-8(12)15-10(16-9)17-7-4-2-3-6(11)5-7/h2-5H,1H3,(H,13,14,15,16). The van der Waals surface area contributed by atoms with E-state index in [2.05, 4.69) is 36.2 Å². The molecule has 0 amide bonds. The Morgan fingerprint density at radius 2 is 2.12 bits per heavy atom. The molecule has 1 aromatic heterocycles. The van der Waals surface area contributed by atoms with Gasteiger partial charge in [-0.2, -0.15) is 15.0 Å². The fraction of sp³-hybridized carbons (Fsp3) is 0.100. The minimum atomic E-state index is 0.0781. The smallest absolute Gasteiger partial charge is 0.328 e. The van der Waals surface area contributed by atoms with Gasteiger partial charge in [0.2, 0.25) is 11.2 Å². The summed E-state index contributed by atoms with van der Waals surface area (Å²) in [6, 6.07) is 7.48. The fourth-order valence-corrected chi connectivity index (χ4v) is 1.66. The molecule has 0 spiro atoms. The van der Waals surface area contributed by atoms with Crippen LogP contribution >= 0.6 is 27.5 Å². The van der Waals surface area contributed by atoms with Gasteiger partial charge in [0.1, 0.15) is 5.75 Å².